The second kappa shape index (κ2) is 7.25. The molecule has 3 aromatic carbocycles. The zero-order valence-electron chi connectivity index (χ0n) is 19.8. The quantitative estimate of drug-likeness (QED) is 0.325. The Morgan fingerprint density at radius 2 is 1.34 bits per heavy atom. The van der Waals surface area contributed by atoms with Crippen molar-refractivity contribution in [3.05, 3.63) is 101 Å². The van der Waals surface area contributed by atoms with Crippen LogP contribution in [0.2, 0.25) is 0 Å². The fourth-order valence-corrected chi connectivity index (χ4v) is 6.84. The number of ketones is 2. The lowest BCUT2D eigenvalue weighted by Gasteiger charge is -2.54. The van der Waals surface area contributed by atoms with E-state index in [4.69, 9.17) is 4.74 Å². The van der Waals surface area contributed by atoms with Gasteiger partial charge in [0, 0.05) is 28.8 Å². The molecule has 3 aliphatic rings. The summed E-state index contributed by atoms with van der Waals surface area (Å²) in [6, 6.07) is 9.88. The number of Topliss-reactive ketones (excluding diaryl/α,β-unsaturated/α-hetero) is 1. The maximum absolute atomic E-state index is 14.8. The van der Waals surface area contributed by atoms with Gasteiger partial charge in [-0.05, 0) is 47.5 Å². The van der Waals surface area contributed by atoms with E-state index in [0.29, 0.717) is 0 Å². The van der Waals surface area contributed by atoms with E-state index in [9.17, 15) is 39.9 Å². The summed E-state index contributed by atoms with van der Waals surface area (Å²) in [5.74, 6) is -4.23. The molecule has 0 heterocycles. The highest BCUT2D eigenvalue weighted by molar-refractivity contribution is 6.19. The lowest BCUT2D eigenvalue weighted by molar-refractivity contribution is -0.149. The van der Waals surface area contributed by atoms with Gasteiger partial charge in [0.1, 0.15) is 39.6 Å². The average molecular weight is 512 g/mol. The molecule has 0 aliphatic heterocycles. The van der Waals surface area contributed by atoms with Crippen LogP contribution >= 0.6 is 0 Å². The van der Waals surface area contributed by atoms with Crippen molar-refractivity contribution in [1.82, 2.24) is 0 Å². The first-order chi connectivity index (χ1) is 18.1. The summed E-state index contributed by atoms with van der Waals surface area (Å²) < 4.78 is 5.30. The predicted molar refractivity (Wildman–Crippen MR) is 131 cm³/mol. The van der Waals surface area contributed by atoms with Crippen LogP contribution < -0.4 is 0 Å². The monoisotopic (exact) mass is 512 g/mol. The summed E-state index contributed by atoms with van der Waals surface area (Å²) in [6.45, 7) is 0. The molecular weight excluding hydrogens is 492 g/mol. The molecule has 2 bridgehead atoms. The van der Waals surface area contributed by atoms with Gasteiger partial charge in [0.2, 0.25) is 0 Å². The van der Waals surface area contributed by atoms with E-state index in [2.05, 4.69) is 0 Å². The van der Waals surface area contributed by atoms with Gasteiger partial charge in [0.25, 0.3) is 0 Å². The van der Waals surface area contributed by atoms with Crippen LogP contribution in [0.25, 0.3) is 0 Å². The van der Waals surface area contributed by atoms with Crippen LogP contribution in [0.4, 0.5) is 0 Å². The molecule has 0 saturated carbocycles. The Morgan fingerprint density at radius 3 is 1.95 bits per heavy atom. The molecule has 9 nitrogen and oxygen atoms in total. The van der Waals surface area contributed by atoms with E-state index in [1.807, 2.05) is 0 Å². The van der Waals surface area contributed by atoms with Gasteiger partial charge in [-0.2, -0.15) is 0 Å². The van der Waals surface area contributed by atoms with E-state index in [0.717, 1.165) is 25.3 Å². The predicted octanol–water partition coefficient (Wildman–Crippen LogP) is 2.85. The van der Waals surface area contributed by atoms with Crippen LogP contribution in [0.1, 0.15) is 32.6 Å². The Labute approximate surface area is 215 Å². The molecule has 38 heavy (non-hydrogen) atoms. The van der Waals surface area contributed by atoms with Crippen molar-refractivity contribution in [1.29, 1.82) is 0 Å². The number of aromatic hydroxyl groups is 5. The number of hydrogen-bond acceptors (Lipinski definition) is 9. The minimum atomic E-state index is -2.13. The van der Waals surface area contributed by atoms with Crippen molar-refractivity contribution in [2.24, 2.45) is 5.41 Å². The van der Waals surface area contributed by atoms with Crippen molar-refractivity contribution < 1.29 is 44.7 Å². The van der Waals surface area contributed by atoms with Gasteiger partial charge in [0.15, 0.2) is 11.6 Å². The maximum Gasteiger partial charge on any atom is 0.322 e. The summed E-state index contributed by atoms with van der Waals surface area (Å²) in [7, 11) is 1.11. The third-order valence-electron chi connectivity index (χ3n) is 8.00. The topological polar surface area (TPSA) is 162 Å². The Morgan fingerprint density at radius 1 is 0.763 bits per heavy atom. The molecule has 6 rings (SSSR count). The number of esters is 1. The van der Waals surface area contributed by atoms with E-state index in [1.165, 1.54) is 54.6 Å². The zero-order valence-corrected chi connectivity index (χ0v) is 19.8. The van der Waals surface area contributed by atoms with Crippen LogP contribution in [0, 0.1) is 5.41 Å². The van der Waals surface area contributed by atoms with E-state index in [1.54, 1.807) is 0 Å². The smallest absolute Gasteiger partial charge is 0.322 e. The third-order valence-corrected chi connectivity index (χ3v) is 8.00. The fourth-order valence-electron chi connectivity index (χ4n) is 6.84. The highest BCUT2D eigenvalue weighted by atomic mass is 16.5. The maximum atomic E-state index is 14.8. The molecule has 0 radical (unpaired) electrons. The zero-order chi connectivity index (χ0) is 27.2. The van der Waals surface area contributed by atoms with Crippen LogP contribution in [0.3, 0.4) is 0 Å². The molecule has 2 atom stereocenters. The van der Waals surface area contributed by atoms with Gasteiger partial charge in [-0.1, -0.05) is 24.3 Å². The molecule has 9 heteroatoms. The molecule has 0 aromatic heterocycles. The number of phenolic OH excluding ortho intramolecular Hbond substituents is 5. The largest absolute Gasteiger partial charge is 0.508 e. The van der Waals surface area contributed by atoms with E-state index < -0.39 is 56.8 Å². The fraction of sp³-hybridized carbons (Fsp3) is 0.138. The van der Waals surface area contributed by atoms with Crippen molar-refractivity contribution >= 4 is 17.5 Å². The molecule has 0 amide bonds. The van der Waals surface area contributed by atoms with Crippen molar-refractivity contribution in [2.75, 3.05) is 7.11 Å². The summed E-state index contributed by atoms with van der Waals surface area (Å²) in [4.78, 5) is 41.4. The lowest BCUT2D eigenvalue weighted by Crippen LogP contribution is -2.62. The van der Waals surface area contributed by atoms with Gasteiger partial charge >= 0.3 is 5.97 Å². The van der Waals surface area contributed by atoms with Gasteiger partial charge in [-0.3, -0.25) is 14.4 Å². The molecule has 0 saturated heterocycles. The number of allylic oxidation sites excluding steroid dienone is 4. The highest BCUT2D eigenvalue weighted by Gasteiger charge is 2.80. The Hall–Kier alpha value is -5.05. The molecule has 190 valence electrons. The number of ether oxygens (including phenoxy) is 1. The lowest BCUT2D eigenvalue weighted by atomic mass is 9.44. The van der Waals surface area contributed by atoms with E-state index >= 15 is 0 Å². The molecule has 3 aromatic rings. The first-order valence-corrected chi connectivity index (χ1v) is 11.5. The Balaban J connectivity index is 1.98. The highest BCUT2D eigenvalue weighted by Crippen LogP contribution is 2.75. The van der Waals surface area contributed by atoms with Crippen LogP contribution in [0.5, 0.6) is 28.7 Å². The van der Waals surface area contributed by atoms with Crippen LogP contribution in [-0.2, 0) is 25.2 Å². The van der Waals surface area contributed by atoms with Crippen molar-refractivity contribution in [3.63, 3.8) is 0 Å². The number of carbonyl (C=O) groups is 3. The number of rotatable bonds is 2. The summed E-state index contributed by atoms with van der Waals surface area (Å²) >= 11 is 0. The van der Waals surface area contributed by atoms with Gasteiger partial charge < -0.3 is 30.3 Å². The third kappa shape index (κ3) is 2.34. The van der Waals surface area contributed by atoms with Gasteiger partial charge in [-0.25, -0.2) is 0 Å². The summed E-state index contributed by atoms with van der Waals surface area (Å²) in [6.07, 6.45) is 5.13. The molecule has 1 unspecified atom stereocenters. The van der Waals surface area contributed by atoms with Gasteiger partial charge in [0.05, 0.1) is 12.5 Å². The number of methoxy groups -OCH3 is 1. The molecule has 5 N–H and O–H groups in total. The summed E-state index contributed by atoms with van der Waals surface area (Å²) in [5, 5.41) is 53.6. The first kappa shape index (κ1) is 23.4. The molecule has 3 aliphatic carbocycles. The van der Waals surface area contributed by atoms with Crippen LogP contribution in [-0.4, -0.2) is 50.2 Å². The summed E-state index contributed by atoms with van der Waals surface area (Å²) in [5.41, 5.74) is -6.24. The number of benzene rings is 3. The standard InChI is InChI=1S/C29H20O9/c1-38-26(37)29-20-11-18(33)13-22(35)24(20)28(14-2-4-15(30)5-3-14,27(29)8-6-16(31)7-9-27)25(36)19-10-17(32)12-21(34)23(19)29/h2-13,30,32-35H,1H3/t28?,29-/m0/s1. The Kier molecular flexibility index (Phi) is 4.46. The second-order valence-electron chi connectivity index (χ2n) is 9.58. The van der Waals surface area contributed by atoms with Crippen molar-refractivity contribution in [2.45, 2.75) is 10.8 Å². The minimum absolute atomic E-state index is 0.0355. The normalized spacial score (nSPS) is 23.8. The number of carbonyl (C=O) groups excluding carboxylic acids is 3. The molecule has 0 fully saturated rings. The number of hydrogen-bond donors (Lipinski definition) is 5. The van der Waals surface area contributed by atoms with Gasteiger partial charge in [-0.15, -0.1) is 0 Å². The number of fused-ring (bicyclic) bond motifs is 5. The number of phenols is 5. The second-order valence-corrected chi connectivity index (χ2v) is 9.58. The van der Waals surface area contributed by atoms with Crippen LogP contribution in [0.15, 0.2) is 72.8 Å². The molecular formula is C29H20O9. The van der Waals surface area contributed by atoms with E-state index in [-0.39, 0.29) is 33.6 Å². The first-order valence-electron chi connectivity index (χ1n) is 11.5. The Bertz CT molecular complexity index is 1650. The average Bonchev–Trinajstić information content (AvgIpc) is 3.03. The molecule has 1 spiro atoms. The van der Waals surface area contributed by atoms with Crippen molar-refractivity contribution in [3.8, 4) is 28.7 Å². The minimum Gasteiger partial charge on any atom is -0.508 e. The SMILES string of the molecule is COC(=O)[C@]12c3cc(O)cc(O)c3C(c3ccc(O)cc3)(C(=O)c3cc(O)cc(O)c31)C21C=CC(=O)C=C1.